The average molecular weight is 423 g/mol. The fraction of sp³-hybridized carbons (Fsp3) is 0.0741. The summed E-state index contributed by atoms with van der Waals surface area (Å²) < 4.78 is 20.9. The van der Waals surface area contributed by atoms with Gasteiger partial charge in [-0.1, -0.05) is 109 Å². The molecule has 4 heteroatoms. The van der Waals surface area contributed by atoms with Gasteiger partial charge in [-0.15, -0.1) is 0 Å². The average Bonchev–Trinajstić information content (AvgIpc) is 3.35. The molecule has 0 saturated heterocycles. The smallest absolute Gasteiger partial charge is 0.217 e. The van der Waals surface area contributed by atoms with Crippen molar-refractivity contribution in [2.45, 2.75) is 6.04 Å². The summed E-state index contributed by atoms with van der Waals surface area (Å²) in [6.07, 6.45) is 0. The van der Waals surface area contributed by atoms with E-state index in [0.29, 0.717) is 12.5 Å². The molecular formula is C27H22NO2P. The fourth-order valence-corrected chi connectivity index (χ4v) is 6.84. The second kappa shape index (κ2) is 8.37. The highest BCUT2D eigenvalue weighted by Gasteiger charge is 2.34. The normalized spacial score (nSPS) is 15.9. The first-order chi connectivity index (χ1) is 15.3. The molecule has 0 unspecified atom stereocenters. The molecule has 4 aromatic rings. The molecule has 0 amide bonds. The van der Waals surface area contributed by atoms with Crippen molar-refractivity contribution in [2.24, 2.45) is 4.99 Å². The van der Waals surface area contributed by atoms with E-state index in [1.165, 1.54) is 0 Å². The molecule has 1 atom stereocenters. The number of rotatable bonds is 5. The van der Waals surface area contributed by atoms with E-state index >= 15 is 0 Å². The van der Waals surface area contributed by atoms with Crippen molar-refractivity contribution in [3.05, 3.63) is 126 Å². The Bertz CT molecular complexity index is 1210. The van der Waals surface area contributed by atoms with Crippen molar-refractivity contribution in [1.82, 2.24) is 0 Å². The lowest BCUT2D eigenvalue weighted by Gasteiger charge is -2.22. The second-order valence-corrected chi connectivity index (χ2v) is 10.2. The molecule has 1 aliphatic rings. The predicted octanol–water partition coefficient (Wildman–Crippen LogP) is 4.84. The van der Waals surface area contributed by atoms with Crippen molar-refractivity contribution >= 4 is 29.0 Å². The molecule has 0 aliphatic carbocycles. The summed E-state index contributed by atoms with van der Waals surface area (Å²) in [5, 5.41) is 2.35. The highest BCUT2D eigenvalue weighted by molar-refractivity contribution is 7.85. The molecule has 0 fully saturated rings. The fourth-order valence-electron chi connectivity index (χ4n) is 4.00. The van der Waals surface area contributed by atoms with E-state index in [4.69, 9.17) is 9.73 Å². The van der Waals surface area contributed by atoms with Gasteiger partial charge >= 0.3 is 0 Å². The van der Waals surface area contributed by atoms with Crippen LogP contribution in [0.3, 0.4) is 0 Å². The van der Waals surface area contributed by atoms with Crippen molar-refractivity contribution in [3.8, 4) is 0 Å². The number of aliphatic imine (C=N–C) groups is 1. The van der Waals surface area contributed by atoms with Crippen molar-refractivity contribution in [3.63, 3.8) is 0 Å². The molecule has 3 nitrogen and oxygen atoms in total. The van der Waals surface area contributed by atoms with Gasteiger partial charge in [0.25, 0.3) is 0 Å². The maximum Gasteiger partial charge on any atom is 0.217 e. The minimum absolute atomic E-state index is 0.0582. The first kappa shape index (κ1) is 19.5. The van der Waals surface area contributed by atoms with Crippen LogP contribution in [-0.4, -0.2) is 12.5 Å². The van der Waals surface area contributed by atoms with E-state index in [1.54, 1.807) is 0 Å². The second-order valence-electron chi connectivity index (χ2n) is 7.47. The lowest BCUT2D eigenvalue weighted by molar-refractivity contribution is 0.320. The highest BCUT2D eigenvalue weighted by Crippen LogP contribution is 2.43. The summed E-state index contributed by atoms with van der Waals surface area (Å²) >= 11 is 0. The Kier molecular flexibility index (Phi) is 5.28. The van der Waals surface area contributed by atoms with Crippen LogP contribution in [0.25, 0.3) is 0 Å². The van der Waals surface area contributed by atoms with Gasteiger partial charge in [0.1, 0.15) is 12.6 Å². The van der Waals surface area contributed by atoms with E-state index < -0.39 is 7.14 Å². The van der Waals surface area contributed by atoms with Crippen molar-refractivity contribution in [2.75, 3.05) is 6.61 Å². The van der Waals surface area contributed by atoms with E-state index in [0.717, 1.165) is 27.0 Å². The molecule has 31 heavy (non-hydrogen) atoms. The largest absolute Gasteiger partial charge is 0.475 e. The summed E-state index contributed by atoms with van der Waals surface area (Å²) in [7, 11) is -3.12. The summed E-state index contributed by atoms with van der Waals surface area (Å²) in [5.41, 5.74) is 1.90. The summed E-state index contributed by atoms with van der Waals surface area (Å²) in [6.45, 7) is 0.481. The molecule has 0 aromatic heterocycles. The number of benzene rings is 4. The topological polar surface area (TPSA) is 38.7 Å². The maximum atomic E-state index is 14.8. The van der Waals surface area contributed by atoms with Crippen LogP contribution >= 0.6 is 7.14 Å². The zero-order valence-corrected chi connectivity index (χ0v) is 17.9. The van der Waals surface area contributed by atoms with Gasteiger partial charge in [-0.3, -0.25) is 0 Å². The van der Waals surface area contributed by atoms with Gasteiger partial charge in [-0.2, -0.15) is 0 Å². The SMILES string of the molecule is O=P(c1ccccc1)(c1ccccc1)c1ccccc1C1=N[C@@H](c2ccccc2)CO1. The first-order valence-electron chi connectivity index (χ1n) is 10.3. The first-order valence-corrected chi connectivity index (χ1v) is 12.0. The zero-order chi connectivity index (χ0) is 21.1. The molecule has 0 N–H and O–H groups in total. The minimum atomic E-state index is -3.12. The molecule has 152 valence electrons. The van der Waals surface area contributed by atoms with Gasteiger partial charge < -0.3 is 9.30 Å². The quantitative estimate of drug-likeness (QED) is 0.431. The van der Waals surface area contributed by atoms with Crippen LogP contribution in [0.15, 0.2) is 120 Å². The van der Waals surface area contributed by atoms with Gasteiger partial charge in [0.15, 0.2) is 7.14 Å². The van der Waals surface area contributed by atoms with E-state index in [1.807, 2.05) is 103 Å². The molecule has 0 bridgehead atoms. The number of ether oxygens (including phenoxy) is 1. The van der Waals surface area contributed by atoms with Crippen LogP contribution in [0.4, 0.5) is 0 Å². The lowest BCUT2D eigenvalue weighted by Crippen LogP contribution is -2.29. The zero-order valence-electron chi connectivity index (χ0n) is 17.0. The van der Waals surface area contributed by atoms with E-state index in [-0.39, 0.29) is 6.04 Å². The maximum absolute atomic E-state index is 14.8. The van der Waals surface area contributed by atoms with Crippen LogP contribution in [0.2, 0.25) is 0 Å². The highest BCUT2D eigenvalue weighted by atomic mass is 31.2. The number of hydrogen-bond acceptors (Lipinski definition) is 3. The predicted molar refractivity (Wildman–Crippen MR) is 128 cm³/mol. The Balaban J connectivity index is 1.66. The van der Waals surface area contributed by atoms with Crippen LogP contribution in [0, 0.1) is 0 Å². The monoisotopic (exact) mass is 423 g/mol. The molecular weight excluding hydrogens is 401 g/mol. The minimum Gasteiger partial charge on any atom is -0.475 e. The molecule has 0 spiro atoms. The molecule has 1 heterocycles. The van der Waals surface area contributed by atoms with Gasteiger partial charge in [0, 0.05) is 21.5 Å². The van der Waals surface area contributed by atoms with Crippen LogP contribution in [-0.2, 0) is 9.30 Å². The van der Waals surface area contributed by atoms with Crippen LogP contribution in [0.1, 0.15) is 17.2 Å². The van der Waals surface area contributed by atoms with Crippen LogP contribution in [0.5, 0.6) is 0 Å². The van der Waals surface area contributed by atoms with Gasteiger partial charge in [-0.25, -0.2) is 4.99 Å². The van der Waals surface area contributed by atoms with Gasteiger partial charge in [0.2, 0.25) is 5.90 Å². The summed E-state index contributed by atoms with van der Waals surface area (Å²) in [6, 6.07) is 37.2. The molecule has 0 saturated carbocycles. The molecule has 0 radical (unpaired) electrons. The van der Waals surface area contributed by atoms with Crippen molar-refractivity contribution < 1.29 is 9.30 Å². The third-order valence-corrected chi connectivity index (χ3v) is 8.67. The third-order valence-electron chi connectivity index (χ3n) is 5.55. The standard InChI is InChI=1S/C27H22NO2P/c29-31(22-14-6-2-7-15-22,23-16-8-3-9-17-23)26-19-11-10-18-24(26)27-28-25(20-30-27)21-12-4-1-5-13-21/h1-19,25H,20H2/t25-/m1/s1. The van der Waals surface area contributed by atoms with E-state index in [2.05, 4.69) is 12.1 Å². The Hall–Kier alpha value is -3.42. The molecule has 1 aliphatic heterocycles. The number of nitrogens with zero attached hydrogens (tertiary/aromatic N) is 1. The van der Waals surface area contributed by atoms with E-state index in [9.17, 15) is 4.57 Å². The van der Waals surface area contributed by atoms with Gasteiger partial charge in [0.05, 0.1) is 0 Å². The lowest BCUT2D eigenvalue weighted by atomic mass is 10.1. The van der Waals surface area contributed by atoms with Gasteiger partial charge in [-0.05, 0) is 11.6 Å². The Morgan fingerprint density at radius 2 is 1.19 bits per heavy atom. The van der Waals surface area contributed by atoms with Crippen molar-refractivity contribution in [1.29, 1.82) is 0 Å². The Morgan fingerprint density at radius 1 is 0.677 bits per heavy atom. The van der Waals surface area contributed by atoms with Crippen LogP contribution < -0.4 is 15.9 Å². The number of hydrogen-bond donors (Lipinski definition) is 0. The summed E-state index contributed by atoms with van der Waals surface area (Å²) in [4.78, 5) is 4.86. The molecule has 5 rings (SSSR count). The third kappa shape index (κ3) is 3.62. The Morgan fingerprint density at radius 3 is 1.81 bits per heavy atom. The molecule has 4 aromatic carbocycles. The Labute approximate surface area is 182 Å². The summed E-state index contributed by atoms with van der Waals surface area (Å²) in [5.74, 6) is 0.552.